The molecule has 0 saturated heterocycles. The van der Waals surface area contributed by atoms with Crippen molar-refractivity contribution in [1.82, 2.24) is 0 Å². The van der Waals surface area contributed by atoms with Crippen molar-refractivity contribution in [1.29, 1.82) is 0 Å². The van der Waals surface area contributed by atoms with E-state index in [0.29, 0.717) is 36.7 Å². The Hall–Kier alpha value is -0.493. The lowest BCUT2D eigenvalue weighted by atomic mass is 9.46. The van der Waals surface area contributed by atoms with Gasteiger partial charge in [-0.05, 0) is 98.6 Å². The first-order chi connectivity index (χ1) is 17.4. The van der Waals surface area contributed by atoms with E-state index in [4.69, 9.17) is 4.43 Å². The molecule has 9 atom stereocenters. The average Bonchev–Trinajstić information content (AvgIpc) is 3.02. The Bertz CT molecular complexity index is 934. The molecule has 0 aromatic heterocycles. The summed E-state index contributed by atoms with van der Waals surface area (Å²) in [6.07, 6.45) is 10.3. The Kier molecular flexibility index (Phi) is 8.10. The number of aliphatic hydroxyl groups is 2. The summed E-state index contributed by atoms with van der Waals surface area (Å²) in [5.74, 6) is 1.33. The average molecular weight is 547 g/mol. The van der Waals surface area contributed by atoms with Crippen LogP contribution in [0, 0.1) is 40.4 Å². The van der Waals surface area contributed by atoms with Gasteiger partial charge in [0.25, 0.3) is 0 Å². The topological polar surface area (TPSA) is 66.8 Å². The number of hydrogen-bond acceptors (Lipinski definition) is 4. The summed E-state index contributed by atoms with van der Waals surface area (Å²) in [5, 5.41) is 23.8. The lowest BCUT2D eigenvalue weighted by Gasteiger charge is -2.60. The van der Waals surface area contributed by atoms with Crippen LogP contribution in [0.25, 0.3) is 0 Å². The van der Waals surface area contributed by atoms with E-state index in [1.807, 2.05) is 6.92 Å². The van der Waals surface area contributed by atoms with Gasteiger partial charge in [0.05, 0.1) is 6.10 Å². The molecular weight excluding hydrogens is 488 g/mol. The van der Waals surface area contributed by atoms with Gasteiger partial charge in [-0.1, -0.05) is 67.0 Å². The Morgan fingerprint density at radius 1 is 1.13 bits per heavy atom. The van der Waals surface area contributed by atoms with Crippen molar-refractivity contribution >= 4 is 14.1 Å². The van der Waals surface area contributed by atoms with Crippen molar-refractivity contribution in [2.45, 2.75) is 149 Å². The first-order valence-corrected chi connectivity index (χ1v) is 18.6. The van der Waals surface area contributed by atoms with Crippen molar-refractivity contribution < 1.29 is 19.4 Å². The van der Waals surface area contributed by atoms with Gasteiger partial charge in [0.1, 0.15) is 11.4 Å². The molecule has 0 unspecified atom stereocenters. The van der Waals surface area contributed by atoms with E-state index < -0.39 is 31.4 Å². The molecule has 0 aromatic carbocycles. The van der Waals surface area contributed by atoms with Crippen LogP contribution in [0.4, 0.5) is 0 Å². The molecule has 0 aromatic rings. The first-order valence-electron chi connectivity index (χ1n) is 15.7. The van der Waals surface area contributed by atoms with Gasteiger partial charge in [-0.15, -0.1) is 0 Å². The molecule has 3 fully saturated rings. The number of carbonyl (C=O) groups excluding carboxylic acids is 1. The van der Waals surface area contributed by atoms with Gasteiger partial charge in [-0.25, -0.2) is 0 Å². The number of carbonyl (C=O) groups is 1. The first kappa shape index (κ1) is 30.5. The van der Waals surface area contributed by atoms with Gasteiger partial charge < -0.3 is 14.6 Å². The number of fused-ring (bicyclic) bond motifs is 5. The molecule has 4 aliphatic carbocycles. The molecular formula is C33H58O4Si. The zero-order chi connectivity index (χ0) is 28.5. The summed E-state index contributed by atoms with van der Waals surface area (Å²) in [7, 11) is -1.80. The number of Topliss-reactive ketones (excluding diaryl/α,β-unsaturated/α-hetero) is 1. The second-order valence-corrected chi connectivity index (χ2v) is 20.9. The van der Waals surface area contributed by atoms with Gasteiger partial charge in [0, 0.05) is 23.9 Å². The van der Waals surface area contributed by atoms with Gasteiger partial charge in [0.15, 0.2) is 8.32 Å². The summed E-state index contributed by atoms with van der Waals surface area (Å²) in [4.78, 5) is 13.2. The van der Waals surface area contributed by atoms with Crippen LogP contribution >= 0.6 is 0 Å². The number of ketones is 1. The predicted molar refractivity (Wildman–Crippen MR) is 158 cm³/mol. The third kappa shape index (κ3) is 4.73. The highest BCUT2D eigenvalue weighted by Gasteiger charge is 2.69. The molecule has 0 amide bonds. The lowest BCUT2D eigenvalue weighted by Crippen LogP contribution is -2.60. The van der Waals surface area contributed by atoms with Crippen LogP contribution in [-0.2, 0) is 9.22 Å². The third-order valence-electron chi connectivity index (χ3n) is 12.7. The Labute approximate surface area is 234 Å². The third-order valence-corrected chi connectivity index (χ3v) is 17.3. The number of rotatable bonds is 7. The van der Waals surface area contributed by atoms with E-state index in [-0.39, 0.29) is 22.2 Å². The second-order valence-electron chi connectivity index (χ2n) is 16.2. The van der Waals surface area contributed by atoms with Gasteiger partial charge >= 0.3 is 0 Å². The van der Waals surface area contributed by atoms with Crippen LogP contribution in [0.15, 0.2) is 11.6 Å². The normalized spacial score (nSPS) is 42.2. The molecule has 0 aliphatic heterocycles. The van der Waals surface area contributed by atoms with E-state index in [1.165, 1.54) is 6.42 Å². The highest BCUT2D eigenvalue weighted by atomic mass is 28.4. The Morgan fingerprint density at radius 2 is 1.79 bits per heavy atom. The second kappa shape index (κ2) is 10.1. The van der Waals surface area contributed by atoms with Crippen molar-refractivity contribution in [2.75, 3.05) is 0 Å². The molecule has 0 spiro atoms. The van der Waals surface area contributed by atoms with Gasteiger partial charge in [-0.2, -0.15) is 0 Å². The maximum Gasteiger partial charge on any atom is 0.192 e. The van der Waals surface area contributed by atoms with E-state index in [2.05, 4.69) is 67.6 Å². The van der Waals surface area contributed by atoms with E-state index in [1.54, 1.807) is 5.57 Å². The minimum atomic E-state index is -1.80. The molecule has 38 heavy (non-hydrogen) atoms. The number of allylic oxidation sites excluding steroid dienone is 1. The number of hydrogen-bond donors (Lipinski definition) is 2. The highest BCUT2D eigenvalue weighted by molar-refractivity contribution is 6.74. The molecule has 5 heteroatoms. The molecule has 3 saturated carbocycles. The summed E-state index contributed by atoms with van der Waals surface area (Å²) in [6, 6.07) is 0. The fourth-order valence-electron chi connectivity index (χ4n) is 9.05. The van der Waals surface area contributed by atoms with Gasteiger partial charge in [-0.3, -0.25) is 4.79 Å². The van der Waals surface area contributed by atoms with Crippen molar-refractivity contribution in [2.24, 2.45) is 40.4 Å². The summed E-state index contributed by atoms with van der Waals surface area (Å²) in [6.45, 7) is 22.6. The molecule has 2 N–H and O–H groups in total. The molecule has 0 heterocycles. The van der Waals surface area contributed by atoms with Crippen LogP contribution in [0.1, 0.15) is 113 Å². The zero-order valence-electron chi connectivity index (χ0n) is 26.2. The van der Waals surface area contributed by atoms with E-state index in [0.717, 1.165) is 38.5 Å². The quantitative estimate of drug-likeness (QED) is 0.254. The van der Waals surface area contributed by atoms with Crippen molar-refractivity contribution in [3.8, 4) is 0 Å². The van der Waals surface area contributed by atoms with Crippen LogP contribution in [-0.4, -0.2) is 42.1 Å². The smallest absolute Gasteiger partial charge is 0.192 e. The maximum absolute atomic E-state index is 13.2. The van der Waals surface area contributed by atoms with Crippen LogP contribution in [0.5, 0.6) is 0 Å². The van der Waals surface area contributed by atoms with Crippen LogP contribution < -0.4 is 0 Å². The highest BCUT2D eigenvalue weighted by Crippen LogP contribution is 2.68. The summed E-state index contributed by atoms with van der Waals surface area (Å²) in [5.41, 5.74) is 0.0200. The monoisotopic (exact) mass is 546 g/mol. The fraction of sp³-hybridized carbons (Fsp3) is 0.909. The molecule has 218 valence electrons. The van der Waals surface area contributed by atoms with Crippen molar-refractivity contribution in [3.63, 3.8) is 0 Å². The molecule has 4 nitrogen and oxygen atoms in total. The molecule has 0 bridgehead atoms. The van der Waals surface area contributed by atoms with Crippen LogP contribution in [0.2, 0.25) is 18.1 Å². The predicted octanol–water partition coefficient (Wildman–Crippen LogP) is 7.68. The zero-order valence-corrected chi connectivity index (χ0v) is 27.2. The summed E-state index contributed by atoms with van der Waals surface area (Å²) >= 11 is 0. The number of aliphatic hydroxyl groups excluding tert-OH is 1. The van der Waals surface area contributed by atoms with Crippen LogP contribution in [0.3, 0.4) is 0 Å². The van der Waals surface area contributed by atoms with E-state index in [9.17, 15) is 15.0 Å². The Balaban J connectivity index is 1.55. The lowest BCUT2D eigenvalue weighted by molar-refractivity contribution is -0.184. The van der Waals surface area contributed by atoms with E-state index >= 15 is 0 Å². The largest absolute Gasteiger partial charge is 0.414 e. The van der Waals surface area contributed by atoms with Gasteiger partial charge in [0.2, 0.25) is 0 Å². The van der Waals surface area contributed by atoms with Crippen molar-refractivity contribution in [3.05, 3.63) is 11.6 Å². The minimum Gasteiger partial charge on any atom is -0.414 e. The SMILES string of the molecule is CC(C)CCC(=O)[C@H](C)[C@@]1(O)[C@@H](O)C[C@H]2[C@@H]3CC=C4C[C@@H](O[Si](C)(C)C(C)(C)C)CC[C@]4(C)[C@H]3CC[C@@]21C. The fourth-order valence-corrected chi connectivity index (χ4v) is 10.4. The maximum atomic E-state index is 13.2. The summed E-state index contributed by atoms with van der Waals surface area (Å²) < 4.78 is 6.88. The standard InChI is InChI=1S/C33H58O4Si/c1-21(2)11-14-28(34)22(3)33(36)29(35)20-27-25-13-12-23-19-24(37-38(9,10)30(4,5)6)15-17-31(23,7)26(25)16-18-32(27,33)8/h12,21-22,24-27,29,35-36H,11,13-20H2,1-10H3/t22-,24-,25+,26-,27-,29-,31-,32-,33+/m0/s1. The Morgan fingerprint density at radius 3 is 2.39 bits per heavy atom. The minimum absolute atomic E-state index is 0.113. The molecule has 4 aliphatic rings. The molecule has 4 rings (SSSR count). The molecule has 0 radical (unpaired) electrons.